The molecule has 0 atom stereocenters. The highest BCUT2D eigenvalue weighted by Gasteiger charge is 2.26. The summed E-state index contributed by atoms with van der Waals surface area (Å²) in [6.45, 7) is 3.12. The van der Waals surface area contributed by atoms with Gasteiger partial charge in [0.2, 0.25) is 10.0 Å². The van der Waals surface area contributed by atoms with E-state index in [4.69, 9.17) is 0 Å². The van der Waals surface area contributed by atoms with Gasteiger partial charge in [-0.15, -0.1) is 0 Å². The van der Waals surface area contributed by atoms with Gasteiger partial charge in [0.15, 0.2) is 0 Å². The number of sulfonamides is 1. The first-order valence-electron chi connectivity index (χ1n) is 7.53. The topological polar surface area (TPSA) is 58.2 Å². The Morgan fingerprint density at radius 2 is 1.76 bits per heavy atom. The van der Waals surface area contributed by atoms with Crippen molar-refractivity contribution in [1.29, 1.82) is 0 Å². The summed E-state index contributed by atoms with van der Waals surface area (Å²) in [5.41, 5.74) is 0. The Hall–Kier alpha value is -0.980. The zero-order valence-corrected chi connectivity index (χ0v) is 13.1. The Morgan fingerprint density at radius 3 is 2.38 bits per heavy atom. The number of halogens is 1. The van der Waals surface area contributed by atoms with Crippen LogP contribution >= 0.6 is 0 Å². The van der Waals surface area contributed by atoms with Gasteiger partial charge >= 0.3 is 0 Å². The molecule has 1 aliphatic rings. The average molecular weight is 314 g/mol. The molecule has 0 unspecified atom stereocenters. The predicted octanol–water partition coefficient (Wildman–Crippen LogP) is 2.41. The van der Waals surface area contributed by atoms with E-state index in [-0.39, 0.29) is 10.9 Å². The van der Waals surface area contributed by atoms with Crippen molar-refractivity contribution in [3.8, 4) is 0 Å². The van der Waals surface area contributed by atoms with Crippen molar-refractivity contribution in [1.82, 2.24) is 10.0 Å². The van der Waals surface area contributed by atoms with Gasteiger partial charge in [-0.1, -0.05) is 19.1 Å². The summed E-state index contributed by atoms with van der Waals surface area (Å²) >= 11 is 0. The van der Waals surface area contributed by atoms with Gasteiger partial charge < -0.3 is 5.32 Å². The number of hydrogen-bond acceptors (Lipinski definition) is 3. The summed E-state index contributed by atoms with van der Waals surface area (Å²) in [6.07, 6.45) is 4.57. The second-order valence-electron chi connectivity index (χ2n) is 5.55. The molecule has 2 rings (SSSR count). The van der Waals surface area contributed by atoms with E-state index >= 15 is 0 Å². The van der Waals surface area contributed by atoms with Crippen molar-refractivity contribution in [2.24, 2.45) is 0 Å². The molecule has 2 N–H and O–H groups in total. The normalized spacial score (nSPS) is 23.1. The molecule has 4 nitrogen and oxygen atoms in total. The molecule has 0 aliphatic heterocycles. The highest BCUT2D eigenvalue weighted by Crippen LogP contribution is 2.21. The summed E-state index contributed by atoms with van der Waals surface area (Å²) in [5, 5.41) is 3.46. The SMILES string of the molecule is CCCNC1CCC(NS(=O)(=O)c2ccccc2F)CC1. The van der Waals surface area contributed by atoms with Gasteiger partial charge in [-0.05, 0) is 50.8 Å². The van der Waals surface area contributed by atoms with E-state index in [0.29, 0.717) is 6.04 Å². The standard InChI is InChI=1S/C15H23FN2O2S/c1-2-11-17-12-7-9-13(10-8-12)18-21(19,20)15-6-4-3-5-14(15)16/h3-6,12-13,17-18H,2,7-11H2,1H3. The Morgan fingerprint density at radius 1 is 1.14 bits per heavy atom. The molecule has 1 saturated carbocycles. The molecule has 1 aromatic carbocycles. The van der Waals surface area contributed by atoms with E-state index in [0.717, 1.165) is 38.6 Å². The first-order chi connectivity index (χ1) is 10.0. The summed E-state index contributed by atoms with van der Waals surface area (Å²) < 4.78 is 40.7. The zero-order valence-electron chi connectivity index (χ0n) is 12.3. The van der Waals surface area contributed by atoms with Crippen LogP contribution in [0, 0.1) is 5.82 Å². The molecule has 0 heterocycles. The van der Waals surface area contributed by atoms with Crippen LogP contribution in [0.15, 0.2) is 29.2 Å². The van der Waals surface area contributed by atoms with Crippen LogP contribution in [0.5, 0.6) is 0 Å². The van der Waals surface area contributed by atoms with Crippen LogP contribution in [0.1, 0.15) is 39.0 Å². The van der Waals surface area contributed by atoms with Gasteiger partial charge in [0.05, 0.1) is 0 Å². The van der Waals surface area contributed by atoms with Crippen LogP contribution in [-0.2, 0) is 10.0 Å². The van der Waals surface area contributed by atoms with Gasteiger partial charge in [0.25, 0.3) is 0 Å². The van der Waals surface area contributed by atoms with Crippen molar-refractivity contribution in [3.63, 3.8) is 0 Å². The van der Waals surface area contributed by atoms with Crippen LogP contribution < -0.4 is 10.0 Å². The van der Waals surface area contributed by atoms with E-state index in [1.807, 2.05) is 0 Å². The fourth-order valence-electron chi connectivity index (χ4n) is 2.71. The molecule has 0 amide bonds. The zero-order chi connectivity index (χ0) is 15.3. The molecule has 0 saturated heterocycles. The minimum atomic E-state index is -3.77. The summed E-state index contributed by atoms with van der Waals surface area (Å²) in [5.74, 6) is -0.705. The number of hydrogen-bond donors (Lipinski definition) is 2. The van der Waals surface area contributed by atoms with E-state index in [9.17, 15) is 12.8 Å². The summed E-state index contributed by atoms with van der Waals surface area (Å²) in [7, 11) is -3.77. The molecule has 0 spiro atoms. The highest BCUT2D eigenvalue weighted by atomic mass is 32.2. The maximum Gasteiger partial charge on any atom is 0.243 e. The van der Waals surface area contributed by atoms with Crippen LogP contribution in [0.2, 0.25) is 0 Å². The second kappa shape index (κ2) is 7.33. The fraction of sp³-hybridized carbons (Fsp3) is 0.600. The molecule has 0 radical (unpaired) electrons. The second-order valence-corrected chi connectivity index (χ2v) is 7.24. The molecule has 0 bridgehead atoms. The lowest BCUT2D eigenvalue weighted by Gasteiger charge is -2.29. The van der Waals surface area contributed by atoms with Crippen LogP contribution in [0.4, 0.5) is 4.39 Å². The van der Waals surface area contributed by atoms with Gasteiger partial charge in [-0.25, -0.2) is 17.5 Å². The Kier molecular flexibility index (Phi) is 5.72. The third-order valence-electron chi connectivity index (χ3n) is 3.86. The molecule has 0 aromatic heterocycles. The van der Waals surface area contributed by atoms with Crippen molar-refractivity contribution >= 4 is 10.0 Å². The van der Waals surface area contributed by atoms with Crippen LogP contribution in [0.25, 0.3) is 0 Å². The lowest BCUT2D eigenvalue weighted by Crippen LogP contribution is -2.42. The molecule has 21 heavy (non-hydrogen) atoms. The van der Waals surface area contributed by atoms with Gasteiger partial charge in [0, 0.05) is 12.1 Å². The minimum absolute atomic E-state index is 0.103. The third kappa shape index (κ3) is 4.49. The molecule has 6 heteroatoms. The van der Waals surface area contributed by atoms with Gasteiger partial charge in [-0.2, -0.15) is 0 Å². The maximum atomic E-state index is 13.6. The Bertz CT molecular complexity index is 555. The molecule has 1 aromatic rings. The minimum Gasteiger partial charge on any atom is -0.314 e. The molecular formula is C15H23FN2O2S. The van der Waals surface area contributed by atoms with Crippen molar-refractivity contribution in [2.75, 3.05) is 6.54 Å². The molecule has 1 aliphatic carbocycles. The molecule has 118 valence electrons. The lowest BCUT2D eigenvalue weighted by atomic mass is 9.92. The van der Waals surface area contributed by atoms with Crippen molar-refractivity contribution in [3.05, 3.63) is 30.1 Å². The number of benzene rings is 1. The molecule has 1 fully saturated rings. The van der Waals surface area contributed by atoms with Crippen LogP contribution in [-0.4, -0.2) is 27.0 Å². The van der Waals surface area contributed by atoms with Crippen molar-refractivity contribution in [2.45, 2.75) is 56.0 Å². The van der Waals surface area contributed by atoms with Gasteiger partial charge in [0.1, 0.15) is 10.7 Å². The van der Waals surface area contributed by atoms with Gasteiger partial charge in [-0.3, -0.25) is 0 Å². The van der Waals surface area contributed by atoms with Crippen LogP contribution in [0.3, 0.4) is 0 Å². The maximum absolute atomic E-state index is 13.6. The van der Waals surface area contributed by atoms with E-state index < -0.39 is 15.8 Å². The van der Waals surface area contributed by atoms with E-state index in [2.05, 4.69) is 17.0 Å². The summed E-state index contributed by atoms with van der Waals surface area (Å²) in [6, 6.07) is 5.85. The fourth-order valence-corrected chi connectivity index (χ4v) is 4.09. The van der Waals surface area contributed by atoms with Crippen molar-refractivity contribution < 1.29 is 12.8 Å². The third-order valence-corrected chi connectivity index (χ3v) is 5.41. The molecular weight excluding hydrogens is 291 g/mol. The average Bonchev–Trinajstić information content (AvgIpc) is 2.46. The predicted molar refractivity (Wildman–Crippen MR) is 81.1 cm³/mol. The smallest absolute Gasteiger partial charge is 0.243 e. The monoisotopic (exact) mass is 314 g/mol. The number of nitrogens with one attached hydrogen (secondary N) is 2. The Balaban J connectivity index is 1.92. The van der Waals surface area contributed by atoms with E-state index in [1.165, 1.54) is 24.3 Å². The lowest BCUT2D eigenvalue weighted by molar-refractivity contribution is 0.329. The Labute approximate surface area is 126 Å². The number of rotatable bonds is 6. The highest BCUT2D eigenvalue weighted by molar-refractivity contribution is 7.89. The first kappa shape index (κ1) is 16.4. The summed E-state index contributed by atoms with van der Waals surface area (Å²) in [4.78, 5) is -0.267. The quantitative estimate of drug-likeness (QED) is 0.848. The largest absolute Gasteiger partial charge is 0.314 e. The first-order valence-corrected chi connectivity index (χ1v) is 9.01. The van der Waals surface area contributed by atoms with E-state index in [1.54, 1.807) is 0 Å².